The Kier molecular flexibility index (Phi) is 3.41. The number of rotatable bonds is 3. The zero-order chi connectivity index (χ0) is 9.68. The molecular weight excluding hydrogens is 164 g/mol. The van der Waals surface area contributed by atoms with Crippen molar-refractivity contribution in [3.8, 4) is 0 Å². The quantitative estimate of drug-likeness (QED) is 0.714. The highest BCUT2D eigenvalue weighted by Gasteiger charge is 2.12. The van der Waals surface area contributed by atoms with E-state index in [1.54, 1.807) is 37.3 Å². The van der Waals surface area contributed by atoms with Crippen LogP contribution in [0.3, 0.4) is 0 Å². The van der Waals surface area contributed by atoms with E-state index in [9.17, 15) is 9.90 Å². The number of carbonyl (C=O) groups is 1. The van der Waals surface area contributed by atoms with Gasteiger partial charge in [-0.3, -0.25) is 4.79 Å². The molecule has 68 valence electrons. The van der Waals surface area contributed by atoms with Gasteiger partial charge in [0.25, 0.3) is 0 Å². The van der Waals surface area contributed by atoms with Crippen LogP contribution in [0.5, 0.6) is 0 Å². The third-order valence-electron chi connectivity index (χ3n) is 1.72. The molecule has 0 saturated heterocycles. The highest BCUT2D eigenvalue weighted by Crippen LogP contribution is 2.13. The van der Waals surface area contributed by atoms with Gasteiger partial charge < -0.3 is 5.11 Å². The number of hydrogen-bond acceptors (Lipinski definition) is 2. The average Bonchev–Trinajstić information content (AvgIpc) is 2.18. The van der Waals surface area contributed by atoms with E-state index in [-0.39, 0.29) is 5.78 Å². The van der Waals surface area contributed by atoms with Gasteiger partial charge in [-0.1, -0.05) is 36.4 Å². The zero-order valence-corrected chi connectivity index (χ0v) is 7.47. The van der Waals surface area contributed by atoms with Crippen LogP contribution in [-0.4, -0.2) is 10.9 Å². The van der Waals surface area contributed by atoms with E-state index >= 15 is 0 Å². The first kappa shape index (κ1) is 9.68. The third-order valence-corrected chi connectivity index (χ3v) is 1.72. The van der Waals surface area contributed by atoms with Gasteiger partial charge in [-0.2, -0.15) is 0 Å². The van der Waals surface area contributed by atoms with Gasteiger partial charge in [-0.05, 0) is 18.6 Å². The summed E-state index contributed by atoms with van der Waals surface area (Å²) in [6.45, 7) is 1.75. The third kappa shape index (κ3) is 2.53. The molecule has 1 aromatic rings. The molecular formula is C11H12O2. The number of allylic oxidation sites excluding steroid dienone is 1. The molecule has 1 unspecified atom stereocenters. The fourth-order valence-electron chi connectivity index (χ4n) is 1.06. The van der Waals surface area contributed by atoms with Gasteiger partial charge >= 0.3 is 0 Å². The van der Waals surface area contributed by atoms with Crippen LogP contribution in [0, 0.1) is 0 Å². The molecule has 0 saturated carbocycles. The Hall–Kier alpha value is -1.41. The standard InChI is InChI=1S/C11H12O2/c1-2-6-10(12)11(13)9-7-4-3-5-8-9/h2-8,11,13H,1H3/b6-2+. The molecule has 0 spiro atoms. The van der Waals surface area contributed by atoms with Crippen molar-refractivity contribution in [3.05, 3.63) is 48.0 Å². The van der Waals surface area contributed by atoms with Crippen molar-refractivity contribution in [2.75, 3.05) is 0 Å². The summed E-state index contributed by atoms with van der Waals surface area (Å²) in [5, 5.41) is 9.52. The van der Waals surface area contributed by atoms with Crippen LogP contribution in [0.15, 0.2) is 42.5 Å². The molecule has 0 fully saturated rings. The van der Waals surface area contributed by atoms with Gasteiger partial charge in [0.05, 0.1) is 0 Å². The SMILES string of the molecule is C/C=C/C(=O)C(O)c1ccccc1. The molecule has 1 rings (SSSR count). The first-order chi connectivity index (χ1) is 6.25. The fourth-order valence-corrected chi connectivity index (χ4v) is 1.06. The monoisotopic (exact) mass is 176 g/mol. The van der Waals surface area contributed by atoms with E-state index in [1.807, 2.05) is 6.07 Å². The summed E-state index contributed by atoms with van der Waals surface area (Å²) < 4.78 is 0. The van der Waals surface area contributed by atoms with Gasteiger partial charge in [0.2, 0.25) is 0 Å². The summed E-state index contributed by atoms with van der Waals surface area (Å²) in [4.78, 5) is 11.2. The van der Waals surface area contributed by atoms with E-state index in [0.717, 1.165) is 0 Å². The topological polar surface area (TPSA) is 37.3 Å². The van der Waals surface area contributed by atoms with E-state index in [1.165, 1.54) is 6.08 Å². The molecule has 2 nitrogen and oxygen atoms in total. The second-order valence-electron chi connectivity index (χ2n) is 2.72. The molecule has 0 bridgehead atoms. The summed E-state index contributed by atoms with van der Waals surface area (Å²) in [5.74, 6) is -0.284. The molecule has 1 N–H and O–H groups in total. The van der Waals surface area contributed by atoms with Crippen LogP contribution < -0.4 is 0 Å². The summed E-state index contributed by atoms with van der Waals surface area (Å²) in [7, 11) is 0. The maximum atomic E-state index is 11.2. The van der Waals surface area contributed by atoms with Gasteiger partial charge in [-0.15, -0.1) is 0 Å². The molecule has 0 aromatic heterocycles. The second-order valence-corrected chi connectivity index (χ2v) is 2.72. The van der Waals surface area contributed by atoms with E-state index < -0.39 is 6.10 Å². The molecule has 0 heterocycles. The Morgan fingerprint density at radius 1 is 1.38 bits per heavy atom. The Labute approximate surface area is 77.5 Å². The molecule has 0 aliphatic rings. The maximum absolute atomic E-state index is 11.2. The number of aliphatic hydroxyl groups excluding tert-OH is 1. The molecule has 0 amide bonds. The van der Waals surface area contributed by atoms with Crippen molar-refractivity contribution in [1.82, 2.24) is 0 Å². The molecule has 1 aromatic carbocycles. The van der Waals surface area contributed by atoms with Crippen molar-refractivity contribution in [1.29, 1.82) is 0 Å². The Morgan fingerprint density at radius 2 is 2.00 bits per heavy atom. The van der Waals surface area contributed by atoms with Crippen LogP contribution in [0.1, 0.15) is 18.6 Å². The number of carbonyl (C=O) groups excluding carboxylic acids is 1. The maximum Gasteiger partial charge on any atom is 0.188 e. The lowest BCUT2D eigenvalue weighted by Gasteiger charge is -2.05. The van der Waals surface area contributed by atoms with Crippen LogP contribution in [0.2, 0.25) is 0 Å². The average molecular weight is 176 g/mol. The molecule has 13 heavy (non-hydrogen) atoms. The van der Waals surface area contributed by atoms with Gasteiger partial charge in [0.15, 0.2) is 5.78 Å². The number of benzene rings is 1. The largest absolute Gasteiger partial charge is 0.380 e. The summed E-state index contributed by atoms with van der Waals surface area (Å²) in [6.07, 6.45) is 1.96. The van der Waals surface area contributed by atoms with Crippen molar-refractivity contribution >= 4 is 5.78 Å². The first-order valence-corrected chi connectivity index (χ1v) is 4.15. The predicted octanol–water partition coefficient (Wildman–Crippen LogP) is 1.87. The van der Waals surface area contributed by atoms with E-state index in [2.05, 4.69) is 0 Å². The molecule has 0 radical (unpaired) electrons. The summed E-state index contributed by atoms with van der Waals surface area (Å²) in [6, 6.07) is 8.89. The normalized spacial score (nSPS) is 13.1. The lowest BCUT2D eigenvalue weighted by molar-refractivity contribution is -0.122. The van der Waals surface area contributed by atoms with Gasteiger partial charge in [-0.25, -0.2) is 0 Å². The van der Waals surface area contributed by atoms with Crippen molar-refractivity contribution < 1.29 is 9.90 Å². The van der Waals surface area contributed by atoms with Gasteiger partial charge in [0.1, 0.15) is 6.10 Å². The predicted molar refractivity (Wildman–Crippen MR) is 51.2 cm³/mol. The van der Waals surface area contributed by atoms with Crippen LogP contribution >= 0.6 is 0 Å². The van der Waals surface area contributed by atoms with Crippen LogP contribution in [0.25, 0.3) is 0 Å². The minimum Gasteiger partial charge on any atom is -0.380 e. The second kappa shape index (κ2) is 4.58. The van der Waals surface area contributed by atoms with Crippen LogP contribution in [0.4, 0.5) is 0 Å². The Morgan fingerprint density at radius 3 is 2.54 bits per heavy atom. The number of aliphatic hydroxyl groups is 1. The van der Waals surface area contributed by atoms with Gasteiger partial charge in [0, 0.05) is 0 Å². The van der Waals surface area contributed by atoms with Crippen molar-refractivity contribution in [2.24, 2.45) is 0 Å². The molecule has 2 heteroatoms. The highest BCUT2D eigenvalue weighted by molar-refractivity contribution is 5.93. The van der Waals surface area contributed by atoms with Crippen molar-refractivity contribution in [2.45, 2.75) is 13.0 Å². The lowest BCUT2D eigenvalue weighted by atomic mass is 10.1. The van der Waals surface area contributed by atoms with E-state index in [0.29, 0.717) is 5.56 Å². The number of ketones is 1. The summed E-state index contributed by atoms with van der Waals surface area (Å²) >= 11 is 0. The minimum absolute atomic E-state index is 0.284. The molecule has 1 atom stereocenters. The van der Waals surface area contributed by atoms with Crippen LogP contribution in [-0.2, 0) is 4.79 Å². The zero-order valence-electron chi connectivity index (χ0n) is 7.47. The smallest absolute Gasteiger partial charge is 0.188 e. The number of hydrogen-bond donors (Lipinski definition) is 1. The molecule has 0 aliphatic carbocycles. The molecule has 0 aliphatic heterocycles. The minimum atomic E-state index is -1.03. The highest BCUT2D eigenvalue weighted by atomic mass is 16.3. The van der Waals surface area contributed by atoms with Crippen molar-refractivity contribution in [3.63, 3.8) is 0 Å². The Bertz CT molecular complexity index is 301. The summed E-state index contributed by atoms with van der Waals surface area (Å²) in [5.41, 5.74) is 0.630. The Balaban J connectivity index is 2.79. The fraction of sp³-hybridized carbons (Fsp3) is 0.182. The van der Waals surface area contributed by atoms with E-state index in [4.69, 9.17) is 0 Å². The lowest BCUT2D eigenvalue weighted by Crippen LogP contribution is -2.08. The first-order valence-electron chi connectivity index (χ1n) is 4.15.